The summed E-state index contributed by atoms with van der Waals surface area (Å²) >= 11 is 0. The monoisotopic (exact) mass is 668 g/mol. The van der Waals surface area contributed by atoms with Gasteiger partial charge in [-0.15, -0.1) is 0 Å². The Kier molecular flexibility index (Phi) is 12.9. The Balaban J connectivity index is 1.39. The molecular formula is C34H48N6O8. The summed E-state index contributed by atoms with van der Waals surface area (Å²) in [6.07, 6.45) is 5.71. The molecule has 0 unspecified atom stereocenters. The van der Waals surface area contributed by atoms with E-state index in [4.69, 9.17) is 30.4 Å². The van der Waals surface area contributed by atoms with Crippen molar-refractivity contribution < 1.29 is 38.1 Å². The highest BCUT2D eigenvalue weighted by molar-refractivity contribution is 6.04. The minimum atomic E-state index is -0.416. The van der Waals surface area contributed by atoms with Gasteiger partial charge >= 0.3 is 0 Å². The Labute approximate surface area is 280 Å². The zero-order chi connectivity index (χ0) is 34.8. The molecular weight excluding hydrogens is 620 g/mol. The first-order valence-corrected chi connectivity index (χ1v) is 16.3. The van der Waals surface area contributed by atoms with E-state index in [0.717, 1.165) is 25.7 Å². The maximum absolute atomic E-state index is 13.5. The molecule has 8 N–H and O–H groups in total. The lowest BCUT2D eigenvalue weighted by molar-refractivity contribution is 0.0886. The molecule has 262 valence electrons. The number of ether oxygens (including phenoxy) is 4. The largest absolute Gasteiger partial charge is 0.496 e. The Bertz CT molecular complexity index is 1470. The second-order valence-electron chi connectivity index (χ2n) is 12.1. The molecule has 0 bridgehead atoms. The topological polar surface area (TPSA) is 205 Å². The van der Waals surface area contributed by atoms with E-state index >= 15 is 0 Å². The van der Waals surface area contributed by atoms with Crippen molar-refractivity contribution in [2.75, 3.05) is 41.5 Å². The van der Waals surface area contributed by atoms with Crippen LogP contribution in [0.3, 0.4) is 0 Å². The van der Waals surface area contributed by atoms with Crippen molar-refractivity contribution in [1.29, 1.82) is 0 Å². The van der Waals surface area contributed by atoms with Crippen LogP contribution in [0.5, 0.6) is 23.0 Å². The van der Waals surface area contributed by atoms with Gasteiger partial charge in [-0.1, -0.05) is 0 Å². The third-order valence-electron chi connectivity index (χ3n) is 8.96. The van der Waals surface area contributed by atoms with Gasteiger partial charge in [0.1, 0.15) is 23.0 Å². The predicted octanol–water partition coefficient (Wildman–Crippen LogP) is 1.88. The van der Waals surface area contributed by atoms with Gasteiger partial charge in [-0.25, -0.2) is 0 Å². The van der Waals surface area contributed by atoms with Crippen LogP contribution in [0.15, 0.2) is 24.3 Å². The quantitative estimate of drug-likeness (QED) is 0.183. The summed E-state index contributed by atoms with van der Waals surface area (Å²) in [5.74, 6) is -0.368. The molecule has 2 fully saturated rings. The Morgan fingerprint density at radius 2 is 0.875 bits per heavy atom. The predicted molar refractivity (Wildman–Crippen MR) is 179 cm³/mol. The molecule has 2 aliphatic carbocycles. The van der Waals surface area contributed by atoms with Crippen LogP contribution in [-0.2, 0) is 0 Å². The molecule has 14 nitrogen and oxygen atoms in total. The van der Waals surface area contributed by atoms with Crippen molar-refractivity contribution in [1.82, 2.24) is 21.3 Å². The summed E-state index contributed by atoms with van der Waals surface area (Å²) in [5, 5.41) is 11.9. The van der Waals surface area contributed by atoms with Crippen molar-refractivity contribution in [3.63, 3.8) is 0 Å². The average Bonchev–Trinajstić information content (AvgIpc) is 3.10. The van der Waals surface area contributed by atoms with Crippen LogP contribution in [0, 0.1) is 0 Å². The van der Waals surface area contributed by atoms with Crippen LogP contribution in [0.2, 0.25) is 0 Å². The fourth-order valence-electron chi connectivity index (χ4n) is 6.22. The summed E-state index contributed by atoms with van der Waals surface area (Å²) < 4.78 is 21.7. The van der Waals surface area contributed by atoms with E-state index in [9.17, 15) is 19.2 Å². The first-order chi connectivity index (χ1) is 23.1. The lowest BCUT2D eigenvalue weighted by atomic mass is 9.90. The molecule has 0 aromatic heterocycles. The second-order valence-corrected chi connectivity index (χ2v) is 12.1. The van der Waals surface area contributed by atoms with Crippen molar-refractivity contribution in [2.45, 2.75) is 75.5 Å². The Morgan fingerprint density at radius 1 is 0.562 bits per heavy atom. The fraction of sp³-hybridized carbons (Fsp3) is 0.529. The van der Waals surface area contributed by atoms with Gasteiger partial charge in [0.2, 0.25) is 0 Å². The molecule has 0 spiro atoms. The molecule has 48 heavy (non-hydrogen) atoms. The third kappa shape index (κ3) is 8.86. The van der Waals surface area contributed by atoms with E-state index in [1.807, 2.05) is 0 Å². The number of carbonyl (C=O) groups excluding carboxylic acids is 4. The SMILES string of the molecule is COc1cc(OC)c(C(=O)NC2CCC(NC(=O)c3cc(C(=O)NC4CCC(N)CC4)c(OC)cc3OC)CC2)cc1C(=O)NCCN. The first-order valence-electron chi connectivity index (χ1n) is 16.3. The molecule has 2 saturated carbocycles. The van der Waals surface area contributed by atoms with Crippen LogP contribution in [0.25, 0.3) is 0 Å². The highest BCUT2D eigenvalue weighted by Gasteiger charge is 2.29. The van der Waals surface area contributed by atoms with Gasteiger partial charge in [-0.05, 0) is 63.5 Å². The minimum Gasteiger partial charge on any atom is -0.496 e. The highest BCUT2D eigenvalue weighted by Crippen LogP contribution is 2.32. The number of amides is 4. The lowest BCUT2D eigenvalue weighted by Crippen LogP contribution is -2.44. The highest BCUT2D eigenvalue weighted by atomic mass is 16.5. The summed E-state index contributed by atoms with van der Waals surface area (Å²) in [4.78, 5) is 52.8. The molecule has 2 aliphatic rings. The molecule has 2 aromatic rings. The molecule has 0 heterocycles. The minimum absolute atomic E-state index is 0.00532. The van der Waals surface area contributed by atoms with Crippen LogP contribution in [0.1, 0.15) is 92.8 Å². The summed E-state index contributed by atoms with van der Waals surface area (Å²) in [5.41, 5.74) is 12.4. The van der Waals surface area contributed by atoms with Crippen molar-refractivity contribution in [3.8, 4) is 23.0 Å². The number of hydrogen-bond donors (Lipinski definition) is 6. The smallest absolute Gasteiger partial charge is 0.255 e. The van der Waals surface area contributed by atoms with E-state index in [-0.39, 0.29) is 94.5 Å². The first kappa shape index (κ1) is 36.3. The van der Waals surface area contributed by atoms with Gasteiger partial charge in [-0.2, -0.15) is 0 Å². The third-order valence-corrected chi connectivity index (χ3v) is 8.96. The lowest BCUT2D eigenvalue weighted by Gasteiger charge is -2.30. The number of nitrogens with one attached hydrogen (secondary N) is 4. The van der Waals surface area contributed by atoms with Crippen LogP contribution >= 0.6 is 0 Å². The number of carbonyl (C=O) groups is 4. The van der Waals surface area contributed by atoms with Gasteiger partial charge < -0.3 is 51.7 Å². The Hall–Kier alpha value is -4.56. The van der Waals surface area contributed by atoms with Crippen molar-refractivity contribution in [3.05, 3.63) is 46.5 Å². The normalized spacial score (nSPS) is 20.5. The molecule has 2 aromatic carbocycles. The number of methoxy groups -OCH3 is 4. The van der Waals surface area contributed by atoms with E-state index in [0.29, 0.717) is 31.4 Å². The van der Waals surface area contributed by atoms with Gasteiger partial charge in [0, 0.05) is 49.4 Å². The van der Waals surface area contributed by atoms with E-state index in [1.54, 1.807) is 6.07 Å². The second kappa shape index (κ2) is 17.0. The number of hydrogen-bond acceptors (Lipinski definition) is 10. The standard InChI is InChI=1S/C34H48N6O8/c1-45-27-17-28(46-2)24(15-23(27)31(41)37-14-13-35)32(42)39-21-9-11-22(12-10-21)40-34(44)26-16-25(29(47-3)18-30(26)48-4)33(43)38-20-7-5-19(36)6-8-20/h15-22H,5-14,35-36H2,1-4H3,(H,37,41)(H,38,43)(H,39,42)(H,40,44). The molecule has 0 atom stereocenters. The molecule has 4 rings (SSSR count). The number of benzene rings is 2. The molecule has 14 heteroatoms. The maximum Gasteiger partial charge on any atom is 0.255 e. The van der Waals surface area contributed by atoms with Crippen LogP contribution in [0.4, 0.5) is 0 Å². The van der Waals surface area contributed by atoms with E-state index in [1.165, 1.54) is 46.6 Å². The number of rotatable bonds is 13. The van der Waals surface area contributed by atoms with Gasteiger partial charge in [0.05, 0.1) is 50.7 Å². The summed E-state index contributed by atoms with van der Waals surface area (Å²) in [6, 6.07) is 5.86. The van der Waals surface area contributed by atoms with E-state index in [2.05, 4.69) is 21.3 Å². The number of nitrogens with two attached hydrogens (primary N) is 2. The summed E-state index contributed by atoms with van der Waals surface area (Å²) in [7, 11) is 5.79. The van der Waals surface area contributed by atoms with Gasteiger partial charge in [0.15, 0.2) is 0 Å². The van der Waals surface area contributed by atoms with Gasteiger partial charge in [-0.3, -0.25) is 19.2 Å². The molecule has 0 saturated heterocycles. The molecule has 0 aliphatic heterocycles. The molecule has 0 radical (unpaired) electrons. The zero-order valence-electron chi connectivity index (χ0n) is 28.1. The zero-order valence-corrected chi connectivity index (χ0v) is 28.1. The maximum atomic E-state index is 13.5. The Morgan fingerprint density at radius 3 is 1.19 bits per heavy atom. The van der Waals surface area contributed by atoms with Crippen molar-refractivity contribution in [2.24, 2.45) is 11.5 Å². The molecule has 4 amide bonds. The van der Waals surface area contributed by atoms with E-state index < -0.39 is 5.91 Å². The van der Waals surface area contributed by atoms with Crippen LogP contribution in [-0.4, -0.2) is 89.3 Å². The summed E-state index contributed by atoms with van der Waals surface area (Å²) in [6.45, 7) is 0.538. The van der Waals surface area contributed by atoms with Crippen molar-refractivity contribution >= 4 is 23.6 Å². The fourth-order valence-corrected chi connectivity index (χ4v) is 6.22. The van der Waals surface area contributed by atoms with Gasteiger partial charge in [0.25, 0.3) is 23.6 Å². The average molecular weight is 669 g/mol. The van der Waals surface area contributed by atoms with Crippen LogP contribution < -0.4 is 51.7 Å².